The third kappa shape index (κ3) is 2.15. The summed E-state index contributed by atoms with van der Waals surface area (Å²) in [6.07, 6.45) is 5.50. The quantitative estimate of drug-likeness (QED) is 0.736. The Kier molecular flexibility index (Phi) is 2.96. The minimum atomic E-state index is 0.536. The predicted octanol–water partition coefficient (Wildman–Crippen LogP) is 3.45. The molecule has 0 radical (unpaired) electrons. The second kappa shape index (κ2) is 4.23. The summed E-state index contributed by atoms with van der Waals surface area (Å²) >= 11 is 1.85. The molecule has 0 unspecified atom stereocenters. The summed E-state index contributed by atoms with van der Waals surface area (Å²) in [5.41, 5.74) is 2.91. The number of hydrogen-bond donors (Lipinski definition) is 0. The van der Waals surface area contributed by atoms with Crippen molar-refractivity contribution in [1.82, 2.24) is 4.90 Å². The highest BCUT2D eigenvalue weighted by Crippen LogP contribution is 2.24. The molecule has 1 aliphatic rings. The number of hydrogen-bond acceptors (Lipinski definition) is 2. The zero-order chi connectivity index (χ0) is 10.8. The molecule has 1 aliphatic heterocycles. The molecule has 1 nitrogen and oxygen atoms in total. The predicted molar refractivity (Wildman–Crippen MR) is 67.1 cm³/mol. The van der Waals surface area contributed by atoms with Gasteiger partial charge in [0.15, 0.2) is 0 Å². The molecule has 0 fully saturated rings. The van der Waals surface area contributed by atoms with Gasteiger partial charge in [-0.15, -0.1) is 11.3 Å². The third-order valence-electron chi connectivity index (χ3n) is 3.15. The maximum Gasteiger partial charge on any atom is 0.0544 e. The van der Waals surface area contributed by atoms with Crippen molar-refractivity contribution in [1.29, 1.82) is 0 Å². The lowest BCUT2D eigenvalue weighted by Crippen LogP contribution is -2.32. The van der Waals surface area contributed by atoms with Crippen molar-refractivity contribution in [2.75, 3.05) is 7.05 Å². The molecule has 2 rings (SSSR count). The fourth-order valence-corrected chi connectivity index (χ4v) is 2.69. The lowest BCUT2D eigenvalue weighted by Gasteiger charge is -2.31. The van der Waals surface area contributed by atoms with E-state index < -0.39 is 0 Å². The summed E-state index contributed by atoms with van der Waals surface area (Å²) in [6, 6.07) is 4.89. The monoisotopic (exact) mass is 219 g/mol. The fraction of sp³-hybridized carbons (Fsp3) is 0.385. The van der Waals surface area contributed by atoms with E-state index in [1.165, 1.54) is 16.0 Å². The number of allylic oxidation sites excluding steroid dienone is 2. The maximum absolute atomic E-state index is 2.31. The number of rotatable bonds is 2. The minimum Gasteiger partial charge on any atom is -0.373 e. The van der Waals surface area contributed by atoms with Crippen molar-refractivity contribution >= 4 is 11.3 Å². The molecule has 0 N–H and O–H groups in total. The summed E-state index contributed by atoms with van der Waals surface area (Å²) < 4.78 is 0. The van der Waals surface area contributed by atoms with Crippen LogP contribution in [0.15, 0.2) is 40.9 Å². The van der Waals surface area contributed by atoms with E-state index in [4.69, 9.17) is 0 Å². The SMILES string of the molecule is CC1=C(C)[C@@H](Cc2cccs2)N(C)C=C1. The number of thiophene rings is 1. The lowest BCUT2D eigenvalue weighted by atomic mass is 9.96. The number of nitrogens with zero attached hydrogens (tertiary/aromatic N) is 1. The summed E-state index contributed by atoms with van der Waals surface area (Å²) in [7, 11) is 2.16. The van der Waals surface area contributed by atoms with Crippen LogP contribution in [-0.4, -0.2) is 18.0 Å². The maximum atomic E-state index is 2.31. The average molecular weight is 219 g/mol. The molecule has 0 amide bonds. The van der Waals surface area contributed by atoms with E-state index in [1.54, 1.807) is 0 Å². The van der Waals surface area contributed by atoms with E-state index in [2.05, 4.69) is 55.6 Å². The molecule has 1 atom stereocenters. The van der Waals surface area contributed by atoms with Gasteiger partial charge in [-0.3, -0.25) is 0 Å². The van der Waals surface area contributed by atoms with Gasteiger partial charge in [0.2, 0.25) is 0 Å². The van der Waals surface area contributed by atoms with Crippen molar-refractivity contribution in [3.8, 4) is 0 Å². The molecule has 1 aromatic rings. The second-order valence-corrected chi connectivity index (χ2v) is 5.18. The van der Waals surface area contributed by atoms with Crippen LogP contribution in [0.3, 0.4) is 0 Å². The van der Waals surface area contributed by atoms with E-state index in [9.17, 15) is 0 Å². The standard InChI is InChI=1S/C13H17NS/c1-10-6-7-14(3)13(11(10)2)9-12-5-4-8-15-12/h4-8,13H,9H2,1-3H3/t13-/m1/s1. The summed E-state index contributed by atoms with van der Waals surface area (Å²) in [5.74, 6) is 0. The first-order chi connectivity index (χ1) is 7.18. The van der Waals surface area contributed by atoms with Gasteiger partial charge in [0.1, 0.15) is 0 Å². The van der Waals surface area contributed by atoms with E-state index in [0.717, 1.165) is 6.42 Å². The van der Waals surface area contributed by atoms with E-state index in [0.29, 0.717) is 6.04 Å². The highest BCUT2D eigenvalue weighted by Gasteiger charge is 2.19. The van der Waals surface area contributed by atoms with Gasteiger partial charge >= 0.3 is 0 Å². The Balaban J connectivity index is 2.18. The van der Waals surface area contributed by atoms with Crippen LogP contribution in [-0.2, 0) is 6.42 Å². The molecule has 2 heterocycles. The Labute approximate surface area is 95.7 Å². The van der Waals surface area contributed by atoms with Crippen molar-refractivity contribution in [3.05, 3.63) is 45.8 Å². The molecule has 80 valence electrons. The molecule has 0 saturated heterocycles. The molecule has 15 heavy (non-hydrogen) atoms. The number of likely N-dealkylation sites (N-methyl/N-ethyl adjacent to an activating group) is 1. The van der Waals surface area contributed by atoms with Gasteiger partial charge in [0.25, 0.3) is 0 Å². The Morgan fingerprint density at radius 3 is 2.87 bits per heavy atom. The average Bonchev–Trinajstić information content (AvgIpc) is 2.71. The van der Waals surface area contributed by atoms with Crippen molar-refractivity contribution in [2.24, 2.45) is 0 Å². The zero-order valence-corrected chi connectivity index (χ0v) is 10.3. The molecule has 2 heteroatoms. The lowest BCUT2D eigenvalue weighted by molar-refractivity contribution is 0.360. The molecular weight excluding hydrogens is 202 g/mol. The Bertz CT molecular complexity index is 387. The van der Waals surface area contributed by atoms with Crippen LogP contribution in [0.4, 0.5) is 0 Å². The van der Waals surface area contributed by atoms with E-state index >= 15 is 0 Å². The molecule has 0 saturated carbocycles. The van der Waals surface area contributed by atoms with Gasteiger partial charge in [0, 0.05) is 18.3 Å². The Hall–Kier alpha value is -1.02. The van der Waals surface area contributed by atoms with Crippen LogP contribution in [0.2, 0.25) is 0 Å². The smallest absolute Gasteiger partial charge is 0.0544 e. The van der Waals surface area contributed by atoms with Gasteiger partial charge in [-0.25, -0.2) is 0 Å². The minimum absolute atomic E-state index is 0.536. The van der Waals surface area contributed by atoms with E-state index in [-0.39, 0.29) is 0 Å². The highest BCUT2D eigenvalue weighted by molar-refractivity contribution is 7.09. The Morgan fingerprint density at radius 2 is 2.20 bits per heavy atom. The summed E-state index contributed by atoms with van der Waals surface area (Å²) in [5, 5.41) is 2.15. The molecule has 0 spiro atoms. The second-order valence-electron chi connectivity index (χ2n) is 4.15. The Morgan fingerprint density at radius 1 is 1.40 bits per heavy atom. The van der Waals surface area contributed by atoms with Gasteiger partial charge in [-0.2, -0.15) is 0 Å². The van der Waals surface area contributed by atoms with Crippen LogP contribution in [0.1, 0.15) is 18.7 Å². The van der Waals surface area contributed by atoms with Crippen molar-refractivity contribution in [2.45, 2.75) is 26.3 Å². The van der Waals surface area contributed by atoms with Crippen molar-refractivity contribution in [3.63, 3.8) is 0 Å². The molecule has 0 aliphatic carbocycles. The van der Waals surface area contributed by atoms with Gasteiger partial charge in [-0.1, -0.05) is 6.07 Å². The van der Waals surface area contributed by atoms with Crippen LogP contribution in [0.5, 0.6) is 0 Å². The van der Waals surface area contributed by atoms with Gasteiger partial charge in [-0.05, 0) is 48.7 Å². The first kappa shape index (κ1) is 10.5. The molecule has 0 aromatic carbocycles. The van der Waals surface area contributed by atoms with Gasteiger partial charge in [0.05, 0.1) is 6.04 Å². The summed E-state index contributed by atoms with van der Waals surface area (Å²) in [4.78, 5) is 3.77. The molecular formula is C13H17NS. The third-order valence-corrected chi connectivity index (χ3v) is 4.05. The molecule has 0 bridgehead atoms. The van der Waals surface area contributed by atoms with Crippen LogP contribution in [0.25, 0.3) is 0 Å². The first-order valence-corrected chi connectivity index (χ1v) is 6.16. The fourth-order valence-electron chi connectivity index (χ4n) is 1.95. The van der Waals surface area contributed by atoms with Gasteiger partial charge < -0.3 is 4.90 Å². The van der Waals surface area contributed by atoms with Crippen molar-refractivity contribution < 1.29 is 0 Å². The topological polar surface area (TPSA) is 3.24 Å². The molecule has 1 aromatic heterocycles. The summed E-state index contributed by atoms with van der Waals surface area (Å²) in [6.45, 7) is 4.44. The normalized spacial score (nSPS) is 21.3. The zero-order valence-electron chi connectivity index (χ0n) is 9.53. The van der Waals surface area contributed by atoms with Crippen LogP contribution in [0, 0.1) is 0 Å². The van der Waals surface area contributed by atoms with Crippen LogP contribution >= 0.6 is 11.3 Å². The first-order valence-electron chi connectivity index (χ1n) is 5.28. The largest absolute Gasteiger partial charge is 0.373 e. The van der Waals surface area contributed by atoms with Crippen LogP contribution < -0.4 is 0 Å². The highest BCUT2D eigenvalue weighted by atomic mass is 32.1. The van der Waals surface area contributed by atoms with E-state index in [1.807, 2.05) is 11.3 Å².